The van der Waals surface area contributed by atoms with E-state index in [1.807, 2.05) is 6.07 Å². The van der Waals surface area contributed by atoms with Gasteiger partial charge in [-0.05, 0) is 0 Å². The van der Waals surface area contributed by atoms with Crippen molar-refractivity contribution in [1.82, 2.24) is 0 Å². The van der Waals surface area contributed by atoms with E-state index in [0.29, 0.717) is 12.2 Å². The van der Waals surface area contributed by atoms with E-state index in [9.17, 15) is 8.42 Å². The van der Waals surface area contributed by atoms with Gasteiger partial charge in [0.2, 0.25) is 0 Å². The zero-order valence-electron chi connectivity index (χ0n) is 6.41. The molecule has 0 aromatic rings. The Labute approximate surface area is 71.7 Å². The van der Waals surface area contributed by atoms with Gasteiger partial charge in [0.15, 0.2) is 0 Å². The number of rotatable bonds is 5. The smallest absolute Gasteiger partial charge is 0.148 e. The summed E-state index contributed by atoms with van der Waals surface area (Å²) in [6.45, 7) is 0. The number of nitrogens with zero attached hydrogens (tertiary/aromatic N) is 1. The van der Waals surface area contributed by atoms with Gasteiger partial charge in [-0.1, -0.05) is 0 Å². The fourth-order valence-corrected chi connectivity index (χ4v) is 2.55. The first-order chi connectivity index (χ1) is 5.06. The van der Waals surface area contributed by atoms with Crippen LogP contribution in [0.4, 0.5) is 0 Å². The Morgan fingerprint density at radius 3 is 2.55 bits per heavy atom. The molecular weight excluding hydrogens is 182 g/mol. The van der Waals surface area contributed by atoms with Crippen LogP contribution in [0.3, 0.4) is 0 Å². The molecule has 0 aromatic heterocycles. The molecule has 0 aliphatic carbocycles. The molecule has 5 heteroatoms. The van der Waals surface area contributed by atoms with E-state index in [4.69, 9.17) is 5.26 Å². The minimum atomic E-state index is -2.82. The summed E-state index contributed by atoms with van der Waals surface area (Å²) >= 11 is 1.50. The van der Waals surface area contributed by atoms with Crippen LogP contribution in [0.2, 0.25) is 0 Å². The third-order valence-corrected chi connectivity index (χ3v) is 3.15. The van der Waals surface area contributed by atoms with Crippen LogP contribution >= 0.6 is 11.8 Å². The van der Waals surface area contributed by atoms with Crippen LogP contribution in [0.25, 0.3) is 0 Å². The lowest BCUT2D eigenvalue weighted by Gasteiger charge is -1.95. The number of hydrogen-bond donors (Lipinski definition) is 0. The minimum Gasteiger partial charge on any atom is -0.229 e. The molecule has 0 unspecified atom stereocenters. The second kappa shape index (κ2) is 5.44. The second-order valence-corrected chi connectivity index (χ2v) is 5.63. The molecule has 0 bridgehead atoms. The zero-order chi connectivity index (χ0) is 8.74. The van der Waals surface area contributed by atoms with Crippen molar-refractivity contribution in [2.24, 2.45) is 0 Å². The number of sulfone groups is 1. The first-order valence-electron chi connectivity index (χ1n) is 3.18. The first-order valence-corrected chi connectivity index (χ1v) is 6.40. The van der Waals surface area contributed by atoms with Gasteiger partial charge < -0.3 is 0 Å². The van der Waals surface area contributed by atoms with E-state index in [1.54, 1.807) is 0 Å². The normalized spacial score (nSPS) is 10.9. The van der Waals surface area contributed by atoms with Gasteiger partial charge >= 0.3 is 0 Å². The molecule has 0 amide bonds. The monoisotopic (exact) mass is 193 g/mol. The third-order valence-electron chi connectivity index (χ3n) is 0.957. The van der Waals surface area contributed by atoms with Crippen molar-refractivity contribution < 1.29 is 8.42 Å². The summed E-state index contributed by atoms with van der Waals surface area (Å²) in [4.78, 5) is 0. The Morgan fingerprint density at radius 1 is 1.45 bits per heavy atom. The molecule has 0 N–H and O–H groups in total. The van der Waals surface area contributed by atoms with Crippen molar-refractivity contribution >= 4 is 21.6 Å². The van der Waals surface area contributed by atoms with Crippen LogP contribution < -0.4 is 0 Å². The van der Waals surface area contributed by atoms with E-state index in [-0.39, 0.29) is 5.75 Å². The van der Waals surface area contributed by atoms with Crippen molar-refractivity contribution in [3.05, 3.63) is 0 Å². The molecule has 11 heavy (non-hydrogen) atoms. The van der Waals surface area contributed by atoms with Crippen LogP contribution in [-0.4, -0.2) is 31.9 Å². The molecule has 0 rings (SSSR count). The molecule has 0 fully saturated rings. The van der Waals surface area contributed by atoms with E-state index in [2.05, 4.69) is 0 Å². The van der Waals surface area contributed by atoms with Crippen molar-refractivity contribution in [2.75, 3.05) is 23.5 Å². The molecular formula is C6H11NO2S2. The topological polar surface area (TPSA) is 57.9 Å². The Hall–Kier alpha value is -0.210. The molecule has 64 valence electrons. The van der Waals surface area contributed by atoms with Gasteiger partial charge in [-0.15, -0.1) is 0 Å². The van der Waals surface area contributed by atoms with E-state index in [1.165, 1.54) is 18.0 Å². The van der Waals surface area contributed by atoms with Gasteiger partial charge in [-0.25, -0.2) is 8.42 Å². The molecule has 0 radical (unpaired) electrons. The van der Waals surface area contributed by atoms with Crippen molar-refractivity contribution in [3.63, 3.8) is 0 Å². The highest BCUT2D eigenvalue weighted by atomic mass is 32.2. The molecule has 0 aliphatic heterocycles. The Balaban J connectivity index is 3.24. The van der Waals surface area contributed by atoms with Crippen LogP contribution in [-0.2, 0) is 9.84 Å². The molecule has 0 atom stereocenters. The van der Waals surface area contributed by atoms with Gasteiger partial charge in [-0.2, -0.15) is 17.0 Å². The van der Waals surface area contributed by atoms with Gasteiger partial charge in [0.1, 0.15) is 9.84 Å². The minimum absolute atomic E-state index is 0.211. The quantitative estimate of drug-likeness (QED) is 0.602. The van der Waals surface area contributed by atoms with Gasteiger partial charge in [0.05, 0.1) is 11.8 Å². The Kier molecular flexibility index (Phi) is 5.34. The summed E-state index contributed by atoms with van der Waals surface area (Å²) in [6, 6.07) is 2.00. The van der Waals surface area contributed by atoms with Gasteiger partial charge in [0, 0.05) is 24.2 Å². The molecule has 0 saturated carbocycles. The third kappa shape index (κ3) is 9.79. The lowest BCUT2D eigenvalue weighted by atomic mass is 10.6. The molecule has 0 aromatic carbocycles. The predicted molar refractivity (Wildman–Crippen MR) is 47.3 cm³/mol. The molecule has 0 saturated heterocycles. The number of nitriles is 1. The summed E-state index contributed by atoms with van der Waals surface area (Å²) in [6.07, 6.45) is 1.71. The summed E-state index contributed by atoms with van der Waals surface area (Å²) in [5.74, 6) is 1.54. The van der Waals surface area contributed by atoms with E-state index in [0.717, 1.165) is 5.75 Å². The maximum Gasteiger partial charge on any atom is 0.148 e. The Morgan fingerprint density at radius 2 is 2.09 bits per heavy atom. The summed E-state index contributed by atoms with van der Waals surface area (Å²) in [7, 11) is -2.82. The van der Waals surface area contributed by atoms with Crippen LogP contribution in [0.5, 0.6) is 0 Å². The molecule has 0 heterocycles. The SMILES string of the molecule is CS(=O)(=O)CCSCCC#N. The van der Waals surface area contributed by atoms with Gasteiger partial charge in [-0.3, -0.25) is 0 Å². The van der Waals surface area contributed by atoms with Crippen LogP contribution in [0, 0.1) is 11.3 Å². The largest absolute Gasteiger partial charge is 0.229 e. The van der Waals surface area contributed by atoms with Crippen molar-refractivity contribution in [3.8, 4) is 6.07 Å². The second-order valence-electron chi connectivity index (χ2n) is 2.15. The van der Waals surface area contributed by atoms with Gasteiger partial charge in [0.25, 0.3) is 0 Å². The van der Waals surface area contributed by atoms with Crippen LogP contribution in [0.15, 0.2) is 0 Å². The zero-order valence-corrected chi connectivity index (χ0v) is 8.04. The highest BCUT2D eigenvalue weighted by Crippen LogP contribution is 2.02. The fraction of sp³-hybridized carbons (Fsp3) is 0.833. The highest BCUT2D eigenvalue weighted by molar-refractivity contribution is 8.00. The maximum atomic E-state index is 10.6. The predicted octanol–water partition coefficient (Wildman–Crippen LogP) is 0.678. The Bertz CT molecular complexity index is 227. The molecule has 0 spiro atoms. The van der Waals surface area contributed by atoms with E-state index >= 15 is 0 Å². The number of thioether (sulfide) groups is 1. The van der Waals surface area contributed by atoms with Crippen molar-refractivity contribution in [1.29, 1.82) is 5.26 Å². The van der Waals surface area contributed by atoms with Crippen LogP contribution in [0.1, 0.15) is 6.42 Å². The summed E-state index contributed by atoms with van der Waals surface area (Å²) < 4.78 is 21.2. The maximum absolute atomic E-state index is 10.6. The first kappa shape index (κ1) is 10.8. The lowest BCUT2D eigenvalue weighted by Crippen LogP contribution is -2.05. The summed E-state index contributed by atoms with van der Waals surface area (Å²) in [5, 5.41) is 8.14. The fourth-order valence-electron chi connectivity index (χ4n) is 0.430. The number of hydrogen-bond acceptors (Lipinski definition) is 4. The summed E-state index contributed by atoms with van der Waals surface area (Å²) in [5.41, 5.74) is 0. The average molecular weight is 193 g/mol. The highest BCUT2D eigenvalue weighted by Gasteiger charge is 2.00. The van der Waals surface area contributed by atoms with E-state index < -0.39 is 9.84 Å². The molecule has 3 nitrogen and oxygen atoms in total. The average Bonchev–Trinajstić information content (AvgIpc) is 1.85. The van der Waals surface area contributed by atoms with Crippen molar-refractivity contribution in [2.45, 2.75) is 6.42 Å². The lowest BCUT2D eigenvalue weighted by molar-refractivity contribution is 0.603. The standard InChI is InChI=1S/C6H11NO2S2/c1-11(8,9)6-5-10-4-2-3-7/h2,4-6H2,1H3. The molecule has 0 aliphatic rings.